The van der Waals surface area contributed by atoms with Crippen LogP contribution < -0.4 is 0 Å². The number of nitrogens with zero attached hydrogens (tertiary/aromatic N) is 1. The van der Waals surface area contributed by atoms with Gasteiger partial charge in [-0.25, -0.2) is 8.42 Å². The number of carbonyl (C=O) groups is 1. The van der Waals surface area contributed by atoms with Crippen LogP contribution in [-0.2, 0) is 14.9 Å². The molecule has 24 heavy (non-hydrogen) atoms. The zero-order valence-electron chi connectivity index (χ0n) is 15.4. The highest BCUT2D eigenvalue weighted by Gasteiger charge is 2.14. The molecule has 0 unspecified atom stereocenters. The van der Waals surface area contributed by atoms with Gasteiger partial charge in [-0.1, -0.05) is 71.3 Å². The van der Waals surface area contributed by atoms with E-state index in [-0.39, 0.29) is 12.5 Å². The minimum Gasteiger partial charge on any atom is -0.748 e. The quantitative estimate of drug-likeness (QED) is 0.252. The average Bonchev–Trinajstić information content (AvgIpc) is 2.50. The minimum atomic E-state index is -4.30. The Hall–Kier alpha value is -0.880. The molecule has 0 fully saturated rings. The van der Waals surface area contributed by atoms with E-state index in [2.05, 4.69) is 13.5 Å². The molecule has 0 atom stereocenters. The summed E-state index contributed by atoms with van der Waals surface area (Å²) in [6, 6.07) is 0. The number of hydrogen-bond acceptors (Lipinski definition) is 4. The Labute approximate surface area is 148 Å². The first-order valence-corrected chi connectivity index (χ1v) is 10.7. The first-order valence-electron chi connectivity index (χ1n) is 9.16. The van der Waals surface area contributed by atoms with E-state index in [1.165, 1.54) is 49.8 Å². The molecule has 0 aromatic heterocycles. The van der Waals surface area contributed by atoms with Crippen molar-refractivity contribution in [1.82, 2.24) is 4.90 Å². The maximum Gasteiger partial charge on any atom is 0.248 e. The Balaban J connectivity index is 3.90. The summed E-state index contributed by atoms with van der Waals surface area (Å²) in [5.74, 6) is -0.807. The summed E-state index contributed by atoms with van der Waals surface area (Å²) in [7, 11) is -4.30. The molecule has 0 saturated heterocycles. The van der Waals surface area contributed by atoms with Gasteiger partial charge in [0.2, 0.25) is 5.91 Å². The summed E-state index contributed by atoms with van der Waals surface area (Å²) in [5, 5.41) is 0. The van der Waals surface area contributed by atoms with Gasteiger partial charge in [0.15, 0.2) is 0 Å². The van der Waals surface area contributed by atoms with Crippen molar-refractivity contribution in [2.75, 3.05) is 18.8 Å². The molecule has 6 heteroatoms. The van der Waals surface area contributed by atoms with Gasteiger partial charge in [0.05, 0.1) is 15.9 Å². The highest BCUT2D eigenvalue weighted by Crippen LogP contribution is 2.11. The van der Waals surface area contributed by atoms with E-state index in [4.69, 9.17) is 0 Å². The van der Waals surface area contributed by atoms with Crippen LogP contribution in [0.2, 0.25) is 0 Å². The predicted octanol–water partition coefficient (Wildman–Crippen LogP) is 3.86. The summed E-state index contributed by atoms with van der Waals surface area (Å²) >= 11 is 0. The Morgan fingerprint density at radius 3 is 1.79 bits per heavy atom. The molecule has 0 radical (unpaired) electrons. The van der Waals surface area contributed by atoms with Crippen LogP contribution in [0, 0.1) is 0 Å². The van der Waals surface area contributed by atoms with E-state index in [0.29, 0.717) is 12.1 Å². The van der Waals surface area contributed by atoms with Crippen molar-refractivity contribution < 1.29 is 17.8 Å². The van der Waals surface area contributed by atoms with Crippen molar-refractivity contribution in [2.45, 2.75) is 78.1 Å². The smallest absolute Gasteiger partial charge is 0.248 e. The second-order valence-corrected chi connectivity index (χ2v) is 8.04. The van der Waals surface area contributed by atoms with Crippen molar-refractivity contribution in [3.63, 3.8) is 0 Å². The van der Waals surface area contributed by atoms with Gasteiger partial charge in [0.1, 0.15) is 0 Å². The van der Waals surface area contributed by atoms with Crippen LogP contribution in [0.15, 0.2) is 12.2 Å². The van der Waals surface area contributed by atoms with E-state index in [9.17, 15) is 17.8 Å². The first-order chi connectivity index (χ1) is 11.3. The number of hydrogen-bond donors (Lipinski definition) is 0. The molecule has 0 heterocycles. The molecule has 0 rings (SSSR count). The molecular formula is C18H34NO4S-. The van der Waals surface area contributed by atoms with Gasteiger partial charge < -0.3 is 9.45 Å². The van der Waals surface area contributed by atoms with Gasteiger partial charge in [0.25, 0.3) is 0 Å². The molecule has 0 aliphatic heterocycles. The first kappa shape index (κ1) is 23.1. The second kappa shape index (κ2) is 13.4. The SMILES string of the molecule is C=C(C)C(=O)N(CCCCCCCCCCCC)CCS(=O)(=O)[O-]. The lowest BCUT2D eigenvalue weighted by molar-refractivity contribution is -0.126. The third kappa shape index (κ3) is 13.5. The highest BCUT2D eigenvalue weighted by molar-refractivity contribution is 7.85. The molecule has 0 aliphatic carbocycles. The third-order valence-corrected chi connectivity index (χ3v) is 4.73. The fourth-order valence-corrected chi connectivity index (χ4v) is 3.04. The van der Waals surface area contributed by atoms with Crippen molar-refractivity contribution in [3.8, 4) is 0 Å². The van der Waals surface area contributed by atoms with Crippen LogP contribution >= 0.6 is 0 Å². The molecule has 0 aromatic rings. The summed E-state index contributed by atoms with van der Waals surface area (Å²) in [4.78, 5) is 13.4. The lowest BCUT2D eigenvalue weighted by Gasteiger charge is -2.23. The van der Waals surface area contributed by atoms with Crippen molar-refractivity contribution in [1.29, 1.82) is 0 Å². The van der Waals surface area contributed by atoms with Gasteiger partial charge in [-0.15, -0.1) is 0 Å². The zero-order valence-corrected chi connectivity index (χ0v) is 16.2. The van der Waals surface area contributed by atoms with Crippen LogP contribution in [0.5, 0.6) is 0 Å². The Morgan fingerprint density at radius 2 is 1.38 bits per heavy atom. The molecule has 0 bridgehead atoms. The van der Waals surface area contributed by atoms with Crippen LogP contribution in [0.4, 0.5) is 0 Å². The Morgan fingerprint density at radius 1 is 0.917 bits per heavy atom. The lowest BCUT2D eigenvalue weighted by Crippen LogP contribution is -2.36. The molecule has 0 saturated carbocycles. The maximum atomic E-state index is 12.0. The number of amides is 1. The van der Waals surface area contributed by atoms with Gasteiger partial charge in [0, 0.05) is 18.7 Å². The normalized spacial score (nSPS) is 11.5. The Kier molecular flexibility index (Phi) is 12.9. The van der Waals surface area contributed by atoms with E-state index >= 15 is 0 Å². The highest BCUT2D eigenvalue weighted by atomic mass is 32.2. The summed E-state index contributed by atoms with van der Waals surface area (Å²) < 4.78 is 32.3. The van der Waals surface area contributed by atoms with Crippen molar-refractivity contribution in [3.05, 3.63) is 12.2 Å². The van der Waals surface area contributed by atoms with Crippen LogP contribution in [0.1, 0.15) is 78.1 Å². The van der Waals surface area contributed by atoms with E-state index < -0.39 is 15.9 Å². The van der Waals surface area contributed by atoms with E-state index in [0.717, 1.165) is 19.3 Å². The molecule has 0 aromatic carbocycles. The van der Waals surface area contributed by atoms with Gasteiger partial charge in [-0.2, -0.15) is 0 Å². The van der Waals surface area contributed by atoms with E-state index in [1.54, 1.807) is 6.92 Å². The number of carbonyl (C=O) groups excluding carboxylic acids is 1. The summed E-state index contributed by atoms with van der Waals surface area (Å²) in [6.45, 7) is 7.85. The van der Waals surface area contributed by atoms with Gasteiger partial charge in [-0.3, -0.25) is 4.79 Å². The number of unbranched alkanes of at least 4 members (excludes halogenated alkanes) is 9. The lowest BCUT2D eigenvalue weighted by atomic mass is 10.1. The number of rotatable bonds is 15. The minimum absolute atomic E-state index is 0.0467. The molecular weight excluding hydrogens is 326 g/mol. The molecule has 0 spiro atoms. The van der Waals surface area contributed by atoms with Crippen molar-refractivity contribution in [2.24, 2.45) is 0 Å². The predicted molar refractivity (Wildman–Crippen MR) is 97.8 cm³/mol. The second-order valence-electron chi connectivity index (χ2n) is 6.52. The zero-order chi connectivity index (χ0) is 18.4. The molecule has 142 valence electrons. The topological polar surface area (TPSA) is 77.5 Å². The summed E-state index contributed by atoms with van der Waals surface area (Å²) in [6.07, 6.45) is 12.0. The van der Waals surface area contributed by atoms with Gasteiger partial charge >= 0.3 is 0 Å². The molecule has 0 aliphatic rings. The molecule has 5 nitrogen and oxygen atoms in total. The monoisotopic (exact) mass is 360 g/mol. The Bertz CT molecular complexity index is 460. The molecule has 1 amide bonds. The van der Waals surface area contributed by atoms with E-state index in [1.807, 2.05) is 0 Å². The summed E-state index contributed by atoms with van der Waals surface area (Å²) in [5.41, 5.74) is 0.366. The third-order valence-electron chi connectivity index (χ3n) is 4.05. The van der Waals surface area contributed by atoms with Crippen molar-refractivity contribution >= 4 is 16.0 Å². The fraction of sp³-hybridized carbons (Fsp3) is 0.833. The van der Waals surface area contributed by atoms with Crippen LogP contribution in [-0.4, -0.2) is 42.6 Å². The average molecular weight is 361 g/mol. The maximum absolute atomic E-state index is 12.0. The largest absolute Gasteiger partial charge is 0.748 e. The fourth-order valence-electron chi connectivity index (χ4n) is 2.60. The standard InChI is InChI=1S/C18H35NO4S/c1-4-5-6-7-8-9-10-11-12-13-14-19(18(20)17(2)3)15-16-24(21,22)23/h2,4-16H2,1,3H3,(H,21,22,23)/p-1. The van der Waals surface area contributed by atoms with Crippen LogP contribution in [0.3, 0.4) is 0 Å². The van der Waals surface area contributed by atoms with Crippen LogP contribution in [0.25, 0.3) is 0 Å². The van der Waals surface area contributed by atoms with Gasteiger partial charge in [-0.05, 0) is 13.3 Å². The molecule has 0 N–H and O–H groups in total.